The van der Waals surface area contributed by atoms with Crippen LogP contribution in [0.3, 0.4) is 0 Å². The van der Waals surface area contributed by atoms with Gasteiger partial charge in [0.15, 0.2) is 0 Å². The third-order valence-electron chi connectivity index (χ3n) is 5.22. The smallest absolute Gasteiger partial charge is 0.475 e. The molecule has 0 aromatic heterocycles. The zero-order chi connectivity index (χ0) is 26.9. The average molecular weight is 513 g/mol. The third-order valence-corrected chi connectivity index (χ3v) is 5.22. The number of carbonyl (C=O) groups is 3. The number of alkyl halides is 3. The maximum Gasteiger partial charge on any atom is 0.490 e. The quantitative estimate of drug-likeness (QED) is 0.579. The van der Waals surface area contributed by atoms with Gasteiger partial charge >= 0.3 is 12.1 Å². The summed E-state index contributed by atoms with van der Waals surface area (Å²) < 4.78 is 45.0. The van der Waals surface area contributed by atoms with Gasteiger partial charge in [0, 0.05) is 58.1 Å². The Morgan fingerprint density at radius 3 is 2.14 bits per heavy atom. The Balaban J connectivity index is 0.000000572. The number of hydrogen-bond acceptors (Lipinski definition) is 5. The monoisotopic (exact) mass is 512 g/mol. The summed E-state index contributed by atoms with van der Waals surface area (Å²) in [6.45, 7) is 3.00. The second-order valence-electron chi connectivity index (χ2n) is 8.17. The molecule has 36 heavy (non-hydrogen) atoms. The molecule has 0 radical (unpaired) electrons. The second-order valence-corrected chi connectivity index (χ2v) is 8.17. The Labute approximate surface area is 206 Å². The molecule has 12 heteroatoms. The average Bonchev–Trinajstić information content (AvgIpc) is 2.85. The molecule has 2 aromatic rings. The van der Waals surface area contributed by atoms with Gasteiger partial charge in [-0.15, -0.1) is 0 Å². The van der Waals surface area contributed by atoms with Crippen LogP contribution in [0.4, 0.5) is 23.2 Å². The molecule has 1 heterocycles. The molecule has 0 unspecified atom stereocenters. The lowest BCUT2D eigenvalue weighted by molar-refractivity contribution is -0.192. The van der Waals surface area contributed by atoms with Crippen LogP contribution in [-0.4, -0.2) is 85.7 Å². The molecule has 0 spiro atoms. The first-order valence-corrected chi connectivity index (χ1v) is 11.0. The van der Waals surface area contributed by atoms with Crippen molar-refractivity contribution < 1.29 is 37.1 Å². The van der Waals surface area contributed by atoms with Gasteiger partial charge in [-0.25, -0.2) is 9.18 Å². The number of carboxylic acids is 1. The molecule has 8 nitrogen and oxygen atoms in total. The number of amides is 2. The number of anilines is 1. The Morgan fingerprint density at radius 1 is 1.03 bits per heavy atom. The highest BCUT2D eigenvalue weighted by molar-refractivity contribution is 5.97. The van der Waals surface area contributed by atoms with E-state index in [0.717, 1.165) is 24.3 Å². The molecule has 196 valence electrons. The first kappa shape index (κ1) is 28.6. The van der Waals surface area contributed by atoms with Crippen LogP contribution in [0.2, 0.25) is 0 Å². The fraction of sp³-hybridized carbons (Fsp3) is 0.375. The van der Waals surface area contributed by atoms with Crippen molar-refractivity contribution >= 4 is 23.5 Å². The van der Waals surface area contributed by atoms with Gasteiger partial charge in [-0.2, -0.15) is 13.2 Å². The van der Waals surface area contributed by atoms with Crippen molar-refractivity contribution in [3.63, 3.8) is 0 Å². The van der Waals surface area contributed by atoms with Gasteiger partial charge in [-0.05, 0) is 35.9 Å². The summed E-state index contributed by atoms with van der Waals surface area (Å²) in [6.07, 6.45) is -5.08. The third kappa shape index (κ3) is 8.84. The Kier molecular flexibility index (Phi) is 10.2. The highest BCUT2D eigenvalue weighted by Crippen LogP contribution is 2.17. The normalized spacial score (nSPS) is 13.3. The molecular formula is C24H28F4N4O4. The molecule has 0 atom stereocenters. The van der Waals surface area contributed by atoms with Crippen molar-refractivity contribution in [1.82, 2.24) is 15.1 Å². The summed E-state index contributed by atoms with van der Waals surface area (Å²) >= 11 is 0. The van der Waals surface area contributed by atoms with E-state index in [1.165, 1.54) is 17.0 Å². The maximum atomic E-state index is 13.3. The zero-order valence-electron chi connectivity index (χ0n) is 19.9. The minimum Gasteiger partial charge on any atom is -0.475 e. The predicted octanol–water partition coefficient (Wildman–Crippen LogP) is 2.60. The lowest BCUT2D eigenvalue weighted by atomic mass is 10.1. The Morgan fingerprint density at radius 2 is 1.61 bits per heavy atom. The minimum absolute atomic E-state index is 0.0115. The molecule has 0 bridgehead atoms. The van der Waals surface area contributed by atoms with Crippen molar-refractivity contribution in [3.8, 4) is 0 Å². The molecule has 2 N–H and O–H groups in total. The van der Waals surface area contributed by atoms with E-state index in [2.05, 4.69) is 5.32 Å². The Hall–Kier alpha value is -3.67. The van der Waals surface area contributed by atoms with Crippen LogP contribution < -0.4 is 10.2 Å². The van der Waals surface area contributed by atoms with Gasteiger partial charge in [0.05, 0.1) is 0 Å². The fourth-order valence-electron chi connectivity index (χ4n) is 3.29. The maximum absolute atomic E-state index is 13.3. The first-order chi connectivity index (χ1) is 16.9. The number of carboxylic acid groups (broad SMARTS) is 1. The number of rotatable bonds is 6. The van der Waals surface area contributed by atoms with Crippen LogP contribution in [0, 0.1) is 5.82 Å². The van der Waals surface area contributed by atoms with Gasteiger partial charge in [0.25, 0.3) is 5.91 Å². The number of hydrogen-bond donors (Lipinski definition) is 2. The SMILES string of the molecule is CN(C)c1cccc(C(=O)N(CC(=O)N2CCNCC2)Cc2ccc(F)cc2)c1.O=C(O)C(F)(F)F. The van der Waals surface area contributed by atoms with E-state index in [4.69, 9.17) is 9.90 Å². The predicted molar refractivity (Wildman–Crippen MR) is 125 cm³/mol. The largest absolute Gasteiger partial charge is 0.490 e. The topological polar surface area (TPSA) is 93.2 Å². The van der Waals surface area contributed by atoms with Crippen LogP contribution in [0.15, 0.2) is 48.5 Å². The van der Waals surface area contributed by atoms with Crippen molar-refractivity contribution in [3.05, 3.63) is 65.5 Å². The van der Waals surface area contributed by atoms with Crippen LogP contribution in [0.25, 0.3) is 0 Å². The molecule has 1 fully saturated rings. The van der Waals surface area contributed by atoms with Crippen LogP contribution in [-0.2, 0) is 16.1 Å². The number of carbonyl (C=O) groups excluding carboxylic acids is 2. The van der Waals surface area contributed by atoms with Crippen molar-refractivity contribution in [1.29, 1.82) is 0 Å². The van der Waals surface area contributed by atoms with E-state index in [0.29, 0.717) is 18.7 Å². The number of nitrogens with one attached hydrogen (secondary N) is 1. The van der Waals surface area contributed by atoms with E-state index in [1.54, 1.807) is 23.1 Å². The summed E-state index contributed by atoms with van der Waals surface area (Å²) in [6, 6.07) is 13.3. The highest BCUT2D eigenvalue weighted by atomic mass is 19.4. The first-order valence-electron chi connectivity index (χ1n) is 11.0. The molecule has 2 aromatic carbocycles. The van der Waals surface area contributed by atoms with E-state index in [1.807, 2.05) is 37.2 Å². The number of aliphatic carboxylic acids is 1. The summed E-state index contributed by atoms with van der Waals surface area (Å²) in [5.41, 5.74) is 2.20. The zero-order valence-corrected chi connectivity index (χ0v) is 19.9. The van der Waals surface area contributed by atoms with Gasteiger partial charge in [-0.3, -0.25) is 9.59 Å². The van der Waals surface area contributed by atoms with Gasteiger partial charge in [0.1, 0.15) is 12.4 Å². The lowest BCUT2D eigenvalue weighted by Crippen LogP contribution is -2.50. The lowest BCUT2D eigenvalue weighted by Gasteiger charge is -2.30. The van der Waals surface area contributed by atoms with Crippen LogP contribution in [0.5, 0.6) is 0 Å². The van der Waals surface area contributed by atoms with Crippen molar-refractivity contribution in [2.24, 2.45) is 0 Å². The van der Waals surface area contributed by atoms with E-state index < -0.39 is 12.1 Å². The number of halogens is 4. The molecule has 0 saturated carbocycles. The molecule has 1 aliphatic heterocycles. The van der Waals surface area contributed by atoms with E-state index in [9.17, 15) is 27.2 Å². The van der Waals surface area contributed by atoms with Crippen molar-refractivity contribution in [2.75, 3.05) is 51.7 Å². The molecule has 3 rings (SSSR count). The summed E-state index contributed by atoms with van der Waals surface area (Å²) in [5, 5.41) is 10.3. The van der Waals surface area contributed by atoms with E-state index >= 15 is 0 Å². The summed E-state index contributed by atoms with van der Waals surface area (Å²) in [5.74, 6) is -3.39. The Bertz CT molecular complexity index is 1040. The molecule has 0 aliphatic carbocycles. The minimum atomic E-state index is -5.08. The molecule has 1 aliphatic rings. The van der Waals surface area contributed by atoms with Gasteiger partial charge in [-0.1, -0.05) is 18.2 Å². The van der Waals surface area contributed by atoms with Crippen molar-refractivity contribution in [2.45, 2.75) is 12.7 Å². The number of piperazine rings is 1. The highest BCUT2D eigenvalue weighted by Gasteiger charge is 2.38. The fourth-order valence-corrected chi connectivity index (χ4v) is 3.29. The molecule has 2 amide bonds. The van der Waals surface area contributed by atoms with Crippen LogP contribution in [0.1, 0.15) is 15.9 Å². The molecular weight excluding hydrogens is 484 g/mol. The van der Waals surface area contributed by atoms with Gasteiger partial charge in [0.2, 0.25) is 5.91 Å². The van der Waals surface area contributed by atoms with Crippen LogP contribution >= 0.6 is 0 Å². The number of nitrogens with zero attached hydrogens (tertiary/aromatic N) is 3. The van der Waals surface area contributed by atoms with E-state index in [-0.39, 0.29) is 30.7 Å². The summed E-state index contributed by atoms with van der Waals surface area (Å²) in [7, 11) is 3.82. The molecule has 1 saturated heterocycles. The second kappa shape index (κ2) is 12.9. The number of benzene rings is 2. The standard InChI is InChI=1S/C22H27FN4O2.C2HF3O2/c1-25(2)20-5-3-4-18(14-20)22(29)27(15-17-6-8-19(23)9-7-17)16-21(28)26-12-10-24-11-13-26;3-2(4,5)1(6)7/h3-9,14,24H,10-13,15-16H2,1-2H3;(H,6,7). The van der Waals surface area contributed by atoms with Gasteiger partial charge < -0.3 is 25.1 Å². The summed E-state index contributed by atoms with van der Waals surface area (Å²) in [4.78, 5) is 40.2.